The minimum absolute atomic E-state index is 0.0819. The minimum atomic E-state index is -0.647. The van der Waals surface area contributed by atoms with Crippen LogP contribution in [-0.4, -0.2) is 99.0 Å². The first-order valence-corrected chi connectivity index (χ1v) is 14.6. The van der Waals surface area contributed by atoms with Crippen molar-refractivity contribution in [3.05, 3.63) is 53.2 Å². The second-order valence-electron chi connectivity index (χ2n) is 11.2. The molecule has 1 aliphatic heterocycles. The molecule has 3 amide bonds. The summed E-state index contributed by atoms with van der Waals surface area (Å²) in [5.41, 5.74) is 3.41. The fourth-order valence-corrected chi connectivity index (χ4v) is 4.69. The molecule has 12 nitrogen and oxygen atoms in total. The number of amides is 3. The van der Waals surface area contributed by atoms with E-state index in [1.54, 1.807) is 34.3 Å². The molecule has 236 valence electrons. The molecular formula is C32H41N5O7. The zero-order valence-electron chi connectivity index (χ0n) is 26.4. The van der Waals surface area contributed by atoms with Gasteiger partial charge < -0.3 is 33.9 Å². The van der Waals surface area contributed by atoms with Gasteiger partial charge in [-0.05, 0) is 35.6 Å². The number of morpholine rings is 1. The van der Waals surface area contributed by atoms with Crippen LogP contribution in [0.25, 0.3) is 22.5 Å². The molecule has 4 rings (SSSR count). The SMILES string of the molecule is CCNC(=O)c1noc(-c2cc(C(C)C)c(OC(=O)N(C)C)cc2OC(=O)N(C)C)c1-c1ccc(CN2CCOCC2)cc1. The number of ether oxygens (including phenoxy) is 3. The van der Waals surface area contributed by atoms with Gasteiger partial charge >= 0.3 is 12.2 Å². The van der Waals surface area contributed by atoms with Crippen molar-refractivity contribution in [1.82, 2.24) is 25.2 Å². The first-order valence-electron chi connectivity index (χ1n) is 14.6. The highest BCUT2D eigenvalue weighted by molar-refractivity contribution is 6.02. The average molecular weight is 608 g/mol. The van der Waals surface area contributed by atoms with Gasteiger partial charge in [0.15, 0.2) is 11.5 Å². The van der Waals surface area contributed by atoms with Crippen LogP contribution in [0.3, 0.4) is 0 Å². The molecule has 12 heteroatoms. The molecule has 0 aliphatic carbocycles. The maximum absolute atomic E-state index is 13.2. The summed E-state index contributed by atoms with van der Waals surface area (Å²) in [5.74, 6) is 0.0643. The highest BCUT2D eigenvalue weighted by Crippen LogP contribution is 2.44. The van der Waals surface area contributed by atoms with Gasteiger partial charge in [0.25, 0.3) is 5.91 Å². The number of rotatable bonds is 9. The van der Waals surface area contributed by atoms with Crippen molar-refractivity contribution in [2.24, 2.45) is 0 Å². The number of nitrogens with one attached hydrogen (secondary N) is 1. The van der Waals surface area contributed by atoms with E-state index in [0.717, 1.165) is 25.2 Å². The molecule has 44 heavy (non-hydrogen) atoms. The van der Waals surface area contributed by atoms with Crippen LogP contribution in [0.2, 0.25) is 0 Å². The first-order chi connectivity index (χ1) is 21.0. The number of hydrogen-bond acceptors (Lipinski definition) is 9. The van der Waals surface area contributed by atoms with Crippen molar-refractivity contribution in [2.75, 3.05) is 61.0 Å². The molecule has 3 aromatic rings. The van der Waals surface area contributed by atoms with Crippen molar-refractivity contribution < 1.29 is 33.1 Å². The molecular weight excluding hydrogens is 566 g/mol. The van der Waals surface area contributed by atoms with Gasteiger partial charge in [-0.25, -0.2) is 9.59 Å². The average Bonchev–Trinajstić information content (AvgIpc) is 3.43. The van der Waals surface area contributed by atoms with E-state index in [1.807, 2.05) is 45.0 Å². The number of carbonyl (C=O) groups excluding carboxylic acids is 3. The number of carbonyl (C=O) groups is 3. The van der Waals surface area contributed by atoms with Crippen LogP contribution < -0.4 is 14.8 Å². The Balaban J connectivity index is 1.87. The summed E-state index contributed by atoms with van der Waals surface area (Å²) in [6.07, 6.45) is -1.23. The van der Waals surface area contributed by atoms with Crippen LogP contribution in [0.5, 0.6) is 11.5 Å². The van der Waals surface area contributed by atoms with Gasteiger partial charge in [-0.3, -0.25) is 9.69 Å². The third-order valence-corrected chi connectivity index (χ3v) is 7.10. The normalized spacial score (nSPS) is 13.5. The zero-order valence-corrected chi connectivity index (χ0v) is 26.4. The second kappa shape index (κ2) is 14.4. The molecule has 1 N–H and O–H groups in total. The van der Waals surface area contributed by atoms with E-state index >= 15 is 0 Å². The van der Waals surface area contributed by atoms with Gasteiger partial charge in [-0.15, -0.1) is 0 Å². The Kier molecular flexibility index (Phi) is 10.6. The highest BCUT2D eigenvalue weighted by Gasteiger charge is 2.29. The summed E-state index contributed by atoms with van der Waals surface area (Å²) in [6.45, 7) is 10.1. The van der Waals surface area contributed by atoms with E-state index in [2.05, 4.69) is 15.4 Å². The standard InChI is InChI=1S/C32H41N5O7/c1-8-33-30(38)28-27(22-11-9-21(10-12-22)19-37-13-15-41-16-14-37)29(44-34-28)24-17-23(20(2)3)25(42-31(39)35(4)5)18-26(24)43-32(40)36(6)7/h9-12,17-18,20H,8,13-16,19H2,1-7H3,(H,33,38). The van der Waals surface area contributed by atoms with E-state index < -0.39 is 18.1 Å². The van der Waals surface area contributed by atoms with E-state index in [0.29, 0.717) is 42.0 Å². The maximum atomic E-state index is 13.2. The Hall–Kier alpha value is -4.42. The van der Waals surface area contributed by atoms with Crippen LogP contribution in [0, 0.1) is 0 Å². The Bertz CT molecular complexity index is 1470. The summed E-state index contributed by atoms with van der Waals surface area (Å²) in [5, 5.41) is 6.98. The van der Waals surface area contributed by atoms with Crippen molar-refractivity contribution >= 4 is 18.1 Å². The van der Waals surface area contributed by atoms with Gasteiger partial charge in [-0.1, -0.05) is 43.3 Å². The molecule has 2 heterocycles. The van der Waals surface area contributed by atoms with Gasteiger partial charge in [-0.2, -0.15) is 0 Å². The van der Waals surface area contributed by atoms with Gasteiger partial charge in [0, 0.05) is 60.4 Å². The molecule has 0 unspecified atom stereocenters. The van der Waals surface area contributed by atoms with Gasteiger partial charge in [0.2, 0.25) is 0 Å². The predicted octanol–water partition coefficient (Wildman–Crippen LogP) is 4.83. The lowest BCUT2D eigenvalue weighted by molar-refractivity contribution is 0.0342. The van der Waals surface area contributed by atoms with E-state index in [9.17, 15) is 14.4 Å². The molecule has 1 saturated heterocycles. The van der Waals surface area contributed by atoms with Crippen molar-refractivity contribution in [2.45, 2.75) is 33.2 Å². The van der Waals surface area contributed by atoms with Crippen LogP contribution in [0.1, 0.15) is 48.3 Å². The van der Waals surface area contributed by atoms with E-state index in [4.69, 9.17) is 18.7 Å². The number of aromatic nitrogens is 1. The summed E-state index contributed by atoms with van der Waals surface area (Å²) in [4.78, 5) is 43.4. The first kappa shape index (κ1) is 32.5. The maximum Gasteiger partial charge on any atom is 0.414 e. The lowest BCUT2D eigenvalue weighted by Gasteiger charge is -2.26. The molecule has 0 spiro atoms. The predicted molar refractivity (Wildman–Crippen MR) is 165 cm³/mol. The molecule has 1 aliphatic rings. The van der Waals surface area contributed by atoms with Crippen LogP contribution in [0.4, 0.5) is 9.59 Å². The number of benzene rings is 2. The van der Waals surface area contributed by atoms with Crippen LogP contribution in [0.15, 0.2) is 40.9 Å². The fourth-order valence-electron chi connectivity index (χ4n) is 4.69. The lowest BCUT2D eigenvalue weighted by atomic mass is 9.93. The molecule has 0 atom stereocenters. The lowest BCUT2D eigenvalue weighted by Crippen LogP contribution is -2.35. The Morgan fingerprint density at radius 3 is 2.14 bits per heavy atom. The summed E-state index contributed by atoms with van der Waals surface area (Å²) in [6, 6.07) is 11.1. The summed E-state index contributed by atoms with van der Waals surface area (Å²) < 4.78 is 22.8. The van der Waals surface area contributed by atoms with E-state index in [-0.39, 0.29) is 28.9 Å². The van der Waals surface area contributed by atoms with Gasteiger partial charge in [0.05, 0.1) is 24.3 Å². The molecule has 0 radical (unpaired) electrons. The molecule has 0 saturated carbocycles. The largest absolute Gasteiger partial charge is 0.414 e. The molecule has 1 aromatic heterocycles. The Morgan fingerprint density at radius 2 is 1.57 bits per heavy atom. The molecule has 1 fully saturated rings. The second-order valence-corrected chi connectivity index (χ2v) is 11.2. The number of hydrogen-bond donors (Lipinski definition) is 1. The zero-order chi connectivity index (χ0) is 32.0. The third kappa shape index (κ3) is 7.56. The van der Waals surface area contributed by atoms with Crippen LogP contribution in [-0.2, 0) is 11.3 Å². The third-order valence-electron chi connectivity index (χ3n) is 7.10. The Labute approximate surface area is 257 Å². The Morgan fingerprint density at radius 1 is 0.955 bits per heavy atom. The number of nitrogens with zero attached hydrogens (tertiary/aromatic N) is 4. The van der Waals surface area contributed by atoms with Gasteiger partial charge in [0.1, 0.15) is 11.5 Å². The highest BCUT2D eigenvalue weighted by atomic mass is 16.6. The van der Waals surface area contributed by atoms with Crippen molar-refractivity contribution in [3.8, 4) is 33.9 Å². The topological polar surface area (TPSA) is 127 Å². The van der Waals surface area contributed by atoms with Crippen molar-refractivity contribution in [3.63, 3.8) is 0 Å². The molecule has 0 bridgehead atoms. The monoisotopic (exact) mass is 607 g/mol. The van der Waals surface area contributed by atoms with Crippen molar-refractivity contribution in [1.29, 1.82) is 0 Å². The van der Waals surface area contributed by atoms with E-state index in [1.165, 1.54) is 15.9 Å². The van der Waals surface area contributed by atoms with Crippen LogP contribution >= 0.6 is 0 Å². The molecule has 2 aromatic carbocycles. The fraction of sp³-hybridized carbons (Fsp3) is 0.438. The summed E-state index contributed by atoms with van der Waals surface area (Å²) in [7, 11) is 6.27. The summed E-state index contributed by atoms with van der Waals surface area (Å²) >= 11 is 0. The minimum Gasteiger partial charge on any atom is -0.410 e. The quantitative estimate of drug-likeness (QED) is 0.364. The smallest absolute Gasteiger partial charge is 0.410 e.